The van der Waals surface area contributed by atoms with Crippen LogP contribution in [-0.4, -0.2) is 13.7 Å². The van der Waals surface area contributed by atoms with Crippen LogP contribution in [0.1, 0.15) is 38.8 Å². The lowest BCUT2D eigenvalue weighted by molar-refractivity contribution is 0.414. The first-order chi connectivity index (χ1) is 8.27. The SMILES string of the molecule is C=CCCN[C@H](C)c1ccc(OC)cc1.CC. The van der Waals surface area contributed by atoms with E-state index in [-0.39, 0.29) is 0 Å². The molecule has 0 saturated carbocycles. The van der Waals surface area contributed by atoms with Crippen LogP contribution in [0, 0.1) is 0 Å². The molecule has 0 saturated heterocycles. The highest BCUT2D eigenvalue weighted by Gasteiger charge is 2.03. The van der Waals surface area contributed by atoms with Crippen molar-refractivity contribution in [3.8, 4) is 5.75 Å². The van der Waals surface area contributed by atoms with Gasteiger partial charge >= 0.3 is 0 Å². The van der Waals surface area contributed by atoms with E-state index in [0.717, 1.165) is 18.7 Å². The van der Waals surface area contributed by atoms with Gasteiger partial charge in [-0.05, 0) is 37.6 Å². The second-order valence-electron chi connectivity index (χ2n) is 3.53. The van der Waals surface area contributed by atoms with Gasteiger partial charge in [0.05, 0.1) is 7.11 Å². The van der Waals surface area contributed by atoms with Crippen molar-refractivity contribution in [3.63, 3.8) is 0 Å². The number of ether oxygens (including phenoxy) is 1. The lowest BCUT2D eigenvalue weighted by atomic mass is 10.1. The highest BCUT2D eigenvalue weighted by Crippen LogP contribution is 2.16. The molecule has 0 radical (unpaired) electrons. The van der Waals surface area contributed by atoms with Crippen LogP contribution in [0.4, 0.5) is 0 Å². The van der Waals surface area contributed by atoms with E-state index in [1.54, 1.807) is 7.11 Å². The van der Waals surface area contributed by atoms with Crippen molar-refractivity contribution in [3.05, 3.63) is 42.5 Å². The predicted octanol–water partition coefficient (Wildman–Crippen LogP) is 3.95. The molecular formula is C15H25NO. The Kier molecular flexibility index (Phi) is 9.17. The fourth-order valence-electron chi connectivity index (χ4n) is 1.41. The third-order valence-electron chi connectivity index (χ3n) is 2.41. The Morgan fingerprint density at radius 2 is 1.88 bits per heavy atom. The van der Waals surface area contributed by atoms with Gasteiger partial charge in [-0.1, -0.05) is 32.1 Å². The Morgan fingerprint density at radius 3 is 2.35 bits per heavy atom. The normalized spacial score (nSPS) is 11.1. The summed E-state index contributed by atoms with van der Waals surface area (Å²) in [5, 5.41) is 3.43. The minimum Gasteiger partial charge on any atom is -0.497 e. The number of benzene rings is 1. The molecule has 0 aliphatic carbocycles. The average molecular weight is 235 g/mol. The fraction of sp³-hybridized carbons (Fsp3) is 0.467. The molecule has 0 spiro atoms. The molecule has 96 valence electrons. The number of hydrogen-bond donors (Lipinski definition) is 1. The third kappa shape index (κ3) is 6.12. The maximum absolute atomic E-state index is 5.11. The first-order valence-electron chi connectivity index (χ1n) is 6.26. The topological polar surface area (TPSA) is 21.3 Å². The van der Waals surface area contributed by atoms with E-state index in [1.165, 1.54) is 5.56 Å². The Bertz CT molecular complexity index is 292. The zero-order chi connectivity index (χ0) is 13.1. The average Bonchev–Trinajstić information content (AvgIpc) is 2.41. The molecule has 0 aliphatic rings. The van der Waals surface area contributed by atoms with Crippen molar-refractivity contribution in [2.75, 3.05) is 13.7 Å². The number of rotatable bonds is 6. The maximum Gasteiger partial charge on any atom is 0.118 e. The summed E-state index contributed by atoms with van der Waals surface area (Å²) in [5.41, 5.74) is 1.28. The lowest BCUT2D eigenvalue weighted by Crippen LogP contribution is -2.19. The minimum atomic E-state index is 0.371. The Labute approximate surface area is 106 Å². The molecule has 0 heterocycles. The Hall–Kier alpha value is -1.28. The van der Waals surface area contributed by atoms with Crippen LogP contribution in [0.3, 0.4) is 0 Å². The van der Waals surface area contributed by atoms with E-state index in [4.69, 9.17) is 4.74 Å². The zero-order valence-electron chi connectivity index (χ0n) is 11.5. The van der Waals surface area contributed by atoms with Gasteiger partial charge in [-0.25, -0.2) is 0 Å². The van der Waals surface area contributed by atoms with Gasteiger partial charge in [0.15, 0.2) is 0 Å². The van der Waals surface area contributed by atoms with Gasteiger partial charge in [0.1, 0.15) is 5.75 Å². The van der Waals surface area contributed by atoms with Crippen molar-refractivity contribution in [2.24, 2.45) is 0 Å². The Morgan fingerprint density at radius 1 is 1.29 bits per heavy atom. The van der Waals surface area contributed by atoms with Gasteiger partial charge in [-0.3, -0.25) is 0 Å². The smallest absolute Gasteiger partial charge is 0.118 e. The third-order valence-corrected chi connectivity index (χ3v) is 2.41. The fourth-order valence-corrected chi connectivity index (χ4v) is 1.41. The van der Waals surface area contributed by atoms with Crippen LogP contribution in [0.25, 0.3) is 0 Å². The molecule has 0 unspecified atom stereocenters. The largest absolute Gasteiger partial charge is 0.497 e. The second-order valence-corrected chi connectivity index (χ2v) is 3.53. The highest BCUT2D eigenvalue weighted by atomic mass is 16.5. The van der Waals surface area contributed by atoms with E-state index >= 15 is 0 Å². The van der Waals surface area contributed by atoms with Gasteiger partial charge in [0.2, 0.25) is 0 Å². The summed E-state index contributed by atoms with van der Waals surface area (Å²) in [5.74, 6) is 0.900. The summed E-state index contributed by atoms with van der Waals surface area (Å²) in [6.45, 7) is 10.8. The summed E-state index contributed by atoms with van der Waals surface area (Å²) in [4.78, 5) is 0. The number of methoxy groups -OCH3 is 1. The van der Waals surface area contributed by atoms with Crippen LogP contribution < -0.4 is 10.1 Å². The molecule has 0 aliphatic heterocycles. The quantitative estimate of drug-likeness (QED) is 0.595. The zero-order valence-corrected chi connectivity index (χ0v) is 11.5. The summed E-state index contributed by atoms with van der Waals surface area (Å²) >= 11 is 0. The van der Waals surface area contributed by atoms with Crippen LogP contribution in [-0.2, 0) is 0 Å². The molecule has 0 bridgehead atoms. The van der Waals surface area contributed by atoms with Gasteiger partial charge in [-0.15, -0.1) is 6.58 Å². The first-order valence-corrected chi connectivity index (χ1v) is 6.26. The molecule has 1 aromatic carbocycles. The summed E-state index contributed by atoms with van der Waals surface area (Å²) in [6.07, 6.45) is 2.92. The van der Waals surface area contributed by atoms with Crippen molar-refractivity contribution in [1.29, 1.82) is 0 Å². The second kappa shape index (κ2) is 9.91. The van der Waals surface area contributed by atoms with Crippen molar-refractivity contribution < 1.29 is 4.74 Å². The molecule has 2 heteroatoms. The molecule has 17 heavy (non-hydrogen) atoms. The highest BCUT2D eigenvalue weighted by molar-refractivity contribution is 5.28. The van der Waals surface area contributed by atoms with Crippen molar-refractivity contribution in [1.82, 2.24) is 5.32 Å². The molecule has 0 amide bonds. The lowest BCUT2D eigenvalue weighted by Gasteiger charge is -2.13. The summed E-state index contributed by atoms with van der Waals surface area (Å²) in [7, 11) is 1.68. The van der Waals surface area contributed by atoms with Gasteiger partial charge < -0.3 is 10.1 Å². The molecule has 2 nitrogen and oxygen atoms in total. The van der Waals surface area contributed by atoms with E-state index in [9.17, 15) is 0 Å². The summed E-state index contributed by atoms with van der Waals surface area (Å²) < 4.78 is 5.11. The van der Waals surface area contributed by atoms with Crippen molar-refractivity contribution in [2.45, 2.75) is 33.2 Å². The monoisotopic (exact) mass is 235 g/mol. The van der Waals surface area contributed by atoms with Crippen LogP contribution in [0.2, 0.25) is 0 Å². The molecule has 1 aromatic rings. The molecule has 1 atom stereocenters. The van der Waals surface area contributed by atoms with Gasteiger partial charge in [0, 0.05) is 6.04 Å². The van der Waals surface area contributed by atoms with Crippen molar-refractivity contribution >= 4 is 0 Å². The molecule has 1 N–H and O–H groups in total. The van der Waals surface area contributed by atoms with Crippen LogP contribution in [0.5, 0.6) is 5.75 Å². The van der Waals surface area contributed by atoms with Crippen LogP contribution in [0.15, 0.2) is 36.9 Å². The molecule has 0 fully saturated rings. The van der Waals surface area contributed by atoms with E-state index in [1.807, 2.05) is 32.1 Å². The Balaban J connectivity index is 0.00000121. The standard InChI is InChI=1S/C13H19NO.C2H6/c1-4-5-10-14-11(2)12-6-8-13(15-3)9-7-12;1-2/h4,6-9,11,14H,1,5,10H2,2-3H3;1-2H3/t11-;/m1./s1. The van der Waals surface area contributed by atoms with Crippen LogP contribution >= 0.6 is 0 Å². The van der Waals surface area contributed by atoms with Gasteiger partial charge in [-0.2, -0.15) is 0 Å². The van der Waals surface area contributed by atoms with Gasteiger partial charge in [0.25, 0.3) is 0 Å². The predicted molar refractivity (Wildman–Crippen MR) is 75.6 cm³/mol. The molecule has 0 aromatic heterocycles. The first kappa shape index (κ1) is 15.7. The molecule has 1 rings (SSSR count). The number of hydrogen-bond acceptors (Lipinski definition) is 2. The van der Waals surface area contributed by atoms with E-state index in [0.29, 0.717) is 6.04 Å². The van der Waals surface area contributed by atoms with E-state index < -0.39 is 0 Å². The summed E-state index contributed by atoms with van der Waals surface area (Å²) in [6, 6.07) is 8.52. The minimum absolute atomic E-state index is 0.371. The number of nitrogens with one attached hydrogen (secondary N) is 1. The van der Waals surface area contributed by atoms with E-state index in [2.05, 4.69) is 31.0 Å². The maximum atomic E-state index is 5.11. The molecular weight excluding hydrogens is 210 g/mol.